The van der Waals surface area contributed by atoms with E-state index in [1.165, 1.54) is 22.9 Å². The third kappa shape index (κ3) is 4.23. The number of hydrogen-bond donors (Lipinski definition) is 3. The van der Waals surface area contributed by atoms with Crippen LogP contribution in [0.15, 0.2) is 67.1 Å². The van der Waals surface area contributed by atoms with Crippen molar-refractivity contribution in [1.29, 1.82) is 0 Å². The number of nitrogens with zero attached hydrogens (tertiary/aromatic N) is 4. The molecule has 1 aliphatic carbocycles. The van der Waals surface area contributed by atoms with Crippen LogP contribution in [-0.2, 0) is 22.6 Å². The Morgan fingerprint density at radius 3 is 2.76 bits per heavy atom. The van der Waals surface area contributed by atoms with Crippen molar-refractivity contribution in [3.8, 4) is 0 Å². The van der Waals surface area contributed by atoms with Gasteiger partial charge in [-0.25, -0.2) is 4.98 Å². The molecule has 0 spiro atoms. The summed E-state index contributed by atoms with van der Waals surface area (Å²) in [5.41, 5.74) is 10.8. The summed E-state index contributed by atoms with van der Waals surface area (Å²) in [5.74, 6) is -1.16. The average Bonchev–Trinajstić information content (AvgIpc) is 3.37. The first-order chi connectivity index (χ1) is 16.6. The first-order valence-electron chi connectivity index (χ1n) is 10.9. The molecule has 4 N–H and O–H groups in total. The Morgan fingerprint density at radius 2 is 1.91 bits per heavy atom. The summed E-state index contributed by atoms with van der Waals surface area (Å²) in [6.07, 6.45) is 8.58. The van der Waals surface area contributed by atoms with Gasteiger partial charge in [0.05, 0.1) is 41.2 Å². The lowest BCUT2D eigenvalue weighted by Gasteiger charge is -2.26. The lowest BCUT2D eigenvalue weighted by atomic mass is 9.90. The number of amides is 2. The molecular formula is C25H23N7O2. The standard InChI is InChI=1S/C25H23N7O2/c26-23-20-12-29-31-22(20)21(13-28-23)30-24(33)25(34)32(15-18-9-3-4-11-27-18)14-17-8-5-7-16-6-1-2-10-19(16)17/h1-4,6,8-13H,5,7,14-15H2,(H2,26,28)(H,29,31)(H,30,33). The number of carbonyl (C=O) groups excluding carboxylic acids is 2. The van der Waals surface area contributed by atoms with Gasteiger partial charge in [-0.3, -0.25) is 19.7 Å². The van der Waals surface area contributed by atoms with E-state index in [0.29, 0.717) is 28.8 Å². The van der Waals surface area contributed by atoms with E-state index < -0.39 is 11.8 Å². The molecule has 1 aromatic carbocycles. The fourth-order valence-corrected chi connectivity index (χ4v) is 4.17. The summed E-state index contributed by atoms with van der Waals surface area (Å²) in [7, 11) is 0. The number of nitrogen functional groups attached to an aromatic ring is 1. The lowest BCUT2D eigenvalue weighted by molar-refractivity contribution is -0.143. The molecule has 34 heavy (non-hydrogen) atoms. The van der Waals surface area contributed by atoms with Gasteiger partial charge in [-0.2, -0.15) is 5.10 Å². The van der Waals surface area contributed by atoms with Crippen LogP contribution < -0.4 is 11.1 Å². The fourth-order valence-electron chi connectivity index (χ4n) is 4.17. The van der Waals surface area contributed by atoms with Gasteiger partial charge in [0, 0.05) is 12.7 Å². The predicted octanol–water partition coefficient (Wildman–Crippen LogP) is 2.93. The predicted molar refractivity (Wildman–Crippen MR) is 129 cm³/mol. The van der Waals surface area contributed by atoms with E-state index >= 15 is 0 Å². The molecule has 4 aromatic rings. The molecule has 170 valence electrons. The van der Waals surface area contributed by atoms with Crippen molar-refractivity contribution in [3.05, 3.63) is 84.0 Å². The van der Waals surface area contributed by atoms with Gasteiger partial charge in [0.15, 0.2) is 0 Å². The Morgan fingerprint density at radius 1 is 1.06 bits per heavy atom. The summed E-state index contributed by atoms with van der Waals surface area (Å²) >= 11 is 0. The molecule has 5 rings (SSSR count). The molecule has 0 atom stereocenters. The molecule has 2 amide bonds. The van der Waals surface area contributed by atoms with Gasteiger partial charge >= 0.3 is 11.8 Å². The second-order valence-corrected chi connectivity index (χ2v) is 8.08. The number of aryl methyl sites for hydroxylation is 1. The van der Waals surface area contributed by atoms with Crippen LogP contribution in [0.3, 0.4) is 0 Å². The van der Waals surface area contributed by atoms with Gasteiger partial charge in [0.2, 0.25) is 0 Å². The Balaban J connectivity index is 1.42. The Kier molecular flexibility index (Phi) is 5.73. The molecule has 0 saturated carbocycles. The monoisotopic (exact) mass is 453 g/mol. The summed E-state index contributed by atoms with van der Waals surface area (Å²) in [6, 6.07) is 13.7. The van der Waals surface area contributed by atoms with Crippen molar-refractivity contribution in [3.63, 3.8) is 0 Å². The van der Waals surface area contributed by atoms with E-state index in [0.717, 1.165) is 24.0 Å². The lowest BCUT2D eigenvalue weighted by Crippen LogP contribution is -2.40. The van der Waals surface area contributed by atoms with Gasteiger partial charge in [0.1, 0.15) is 5.82 Å². The Hall–Kier alpha value is -4.53. The largest absolute Gasteiger partial charge is 0.383 e. The molecule has 0 unspecified atom stereocenters. The quantitative estimate of drug-likeness (QED) is 0.398. The normalized spacial score (nSPS) is 12.6. The van der Waals surface area contributed by atoms with Gasteiger partial charge < -0.3 is 16.0 Å². The molecule has 3 aromatic heterocycles. The number of allylic oxidation sites excluding steroid dienone is 1. The molecule has 0 radical (unpaired) electrons. The van der Waals surface area contributed by atoms with Crippen LogP contribution in [0.1, 0.15) is 23.2 Å². The third-order valence-corrected chi connectivity index (χ3v) is 5.85. The highest BCUT2D eigenvalue weighted by atomic mass is 16.2. The number of H-pyrrole nitrogens is 1. The van der Waals surface area contributed by atoms with Crippen LogP contribution in [0, 0.1) is 0 Å². The SMILES string of the molecule is Nc1ncc(NC(=O)C(=O)N(CC2=CCCc3ccccc32)Cc2ccccn2)c2[nH]ncc12. The van der Waals surface area contributed by atoms with Crippen molar-refractivity contribution in [2.75, 3.05) is 17.6 Å². The zero-order valence-electron chi connectivity index (χ0n) is 18.4. The van der Waals surface area contributed by atoms with Gasteiger partial charge in [-0.05, 0) is 41.7 Å². The van der Waals surface area contributed by atoms with Crippen molar-refractivity contribution in [1.82, 2.24) is 25.1 Å². The van der Waals surface area contributed by atoms with Crippen LogP contribution in [0.25, 0.3) is 16.5 Å². The van der Waals surface area contributed by atoms with Gasteiger partial charge in [-0.1, -0.05) is 36.4 Å². The minimum atomic E-state index is -0.775. The van der Waals surface area contributed by atoms with Gasteiger partial charge in [-0.15, -0.1) is 0 Å². The van der Waals surface area contributed by atoms with E-state index in [1.807, 2.05) is 30.3 Å². The number of anilines is 2. The number of pyridine rings is 2. The number of nitrogens with two attached hydrogens (primary N) is 1. The topological polar surface area (TPSA) is 130 Å². The average molecular weight is 454 g/mol. The van der Waals surface area contributed by atoms with Crippen LogP contribution in [0.4, 0.5) is 11.5 Å². The zero-order chi connectivity index (χ0) is 23.5. The van der Waals surface area contributed by atoms with Gasteiger partial charge in [0.25, 0.3) is 0 Å². The summed E-state index contributed by atoms with van der Waals surface area (Å²) in [4.78, 5) is 36.4. The Bertz CT molecular complexity index is 1390. The molecular weight excluding hydrogens is 430 g/mol. The van der Waals surface area contributed by atoms with Crippen molar-refractivity contribution in [2.24, 2.45) is 0 Å². The zero-order valence-corrected chi connectivity index (χ0v) is 18.4. The van der Waals surface area contributed by atoms with Crippen LogP contribution in [0.5, 0.6) is 0 Å². The molecule has 0 bridgehead atoms. The first kappa shape index (κ1) is 21.3. The minimum Gasteiger partial charge on any atom is -0.383 e. The number of fused-ring (bicyclic) bond motifs is 2. The van der Waals surface area contributed by atoms with Crippen LogP contribution in [-0.4, -0.2) is 43.4 Å². The molecule has 0 aliphatic heterocycles. The molecule has 9 nitrogen and oxygen atoms in total. The summed E-state index contributed by atoms with van der Waals surface area (Å²) in [6.45, 7) is 0.491. The Labute approximate surface area is 195 Å². The van der Waals surface area contributed by atoms with E-state index in [2.05, 4.69) is 43.7 Å². The number of aromatic amines is 1. The molecule has 0 fully saturated rings. The molecule has 9 heteroatoms. The molecule has 1 aliphatic rings. The van der Waals surface area contributed by atoms with E-state index in [-0.39, 0.29) is 12.4 Å². The maximum Gasteiger partial charge on any atom is 0.314 e. The fraction of sp³-hybridized carbons (Fsp3) is 0.160. The smallest absolute Gasteiger partial charge is 0.314 e. The second kappa shape index (κ2) is 9.14. The van der Waals surface area contributed by atoms with Crippen molar-refractivity contribution < 1.29 is 9.59 Å². The third-order valence-electron chi connectivity index (χ3n) is 5.85. The molecule has 0 saturated heterocycles. The number of benzene rings is 1. The van der Waals surface area contributed by atoms with Crippen LogP contribution in [0.2, 0.25) is 0 Å². The number of rotatable bonds is 5. The number of nitrogens with one attached hydrogen (secondary N) is 2. The maximum atomic E-state index is 13.4. The highest BCUT2D eigenvalue weighted by Crippen LogP contribution is 2.28. The van der Waals surface area contributed by atoms with Crippen LogP contribution >= 0.6 is 0 Å². The number of hydrogen-bond acceptors (Lipinski definition) is 6. The number of aromatic nitrogens is 4. The summed E-state index contributed by atoms with van der Waals surface area (Å²) in [5, 5.41) is 9.98. The van der Waals surface area contributed by atoms with E-state index in [4.69, 9.17) is 5.73 Å². The molecule has 3 heterocycles. The van der Waals surface area contributed by atoms with E-state index in [1.54, 1.807) is 6.20 Å². The van der Waals surface area contributed by atoms with Crippen molar-refractivity contribution >= 4 is 39.8 Å². The highest BCUT2D eigenvalue weighted by molar-refractivity contribution is 6.40. The number of carbonyl (C=O) groups is 2. The maximum absolute atomic E-state index is 13.4. The first-order valence-corrected chi connectivity index (χ1v) is 10.9. The second-order valence-electron chi connectivity index (χ2n) is 8.08. The highest BCUT2D eigenvalue weighted by Gasteiger charge is 2.26. The minimum absolute atomic E-state index is 0.200. The summed E-state index contributed by atoms with van der Waals surface area (Å²) < 4.78 is 0. The van der Waals surface area contributed by atoms with E-state index in [9.17, 15) is 9.59 Å². The van der Waals surface area contributed by atoms with Crippen molar-refractivity contribution in [2.45, 2.75) is 19.4 Å².